The highest BCUT2D eigenvalue weighted by Gasteiger charge is 2.37. The Bertz CT molecular complexity index is 3730. The summed E-state index contributed by atoms with van der Waals surface area (Å²) in [4.78, 5) is 15.1. The quantitative estimate of drug-likeness (QED) is 0.0959. The predicted molar refractivity (Wildman–Crippen MR) is 296 cm³/mol. The summed E-state index contributed by atoms with van der Waals surface area (Å²) in [5.74, 6) is 0.161. The lowest BCUT2D eigenvalue weighted by atomic mass is 9.50. The molecule has 0 N–H and O–H groups in total. The van der Waals surface area contributed by atoms with Crippen molar-refractivity contribution in [3.8, 4) is 17.3 Å². The molecule has 0 bridgehead atoms. The summed E-state index contributed by atoms with van der Waals surface area (Å²) in [5.41, 5.74) is 10.5. The second kappa shape index (κ2) is 19.0. The van der Waals surface area contributed by atoms with E-state index in [0.29, 0.717) is 21.3 Å². The van der Waals surface area contributed by atoms with Crippen LogP contribution in [0.25, 0.3) is 64.7 Å². The van der Waals surface area contributed by atoms with Gasteiger partial charge in [0.25, 0.3) is 0 Å². The van der Waals surface area contributed by atoms with Gasteiger partial charge >= 0.3 is 13.7 Å². The molecule has 11 aromatic rings. The largest absolute Gasteiger partial charge is 0.384 e. The summed E-state index contributed by atoms with van der Waals surface area (Å²) >= 11 is 3.06. The van der Waals surface area contributed by atoms with Gasteiger partial charge in [0.2, 0.25) is 5.70 Å². The Balaban J connectivity index is 1.51. The van der Waals surface area contributed by atoms with Crippen LogP contribution in [0.2, 0.25) is 0 Å². The van der Waals surface area contributed by atoms with Crippen LogP contribution in [-0.2, 0) is 0 Å². The van der Waals surface area contributed by atoms with E-state index in [0.717, 1.165) is 86.3 Å². The fraction of sp³-hybridized carbons (Fsp3) is 0.0667. The number of aromatic nitrogens is 4. The molecule has 0 fully saturated rings. The Labute approximate surface area is 416 Å². The van der Waals surface area contributed by atoms with E-state index < -0.39 is 13.7 Å². The van der Waals surface area contributed by atoms with E-state index in [4.69, 9.17) is 9.97 Å². The number of rotatable bonds is 11. The number of aryl methyl sites for hydroxylation is 1. The lowest BCUT2D eigenvalue weighted by Gasteiger charge is -2.24. The summed E-state index contributed by atoms with van der Waals surface area (Å²) in [5, 5.41) is 16.5. The summed E-state index contributed by atoms with van der Waals surface area (Å²) in [6.07, 6.45) is 4.47. The van der Waals surface area contributed by atoms with E-state index in [9.17, 15) is 11.8 Å². The highest BCUT2D eigenvalue weighted by atomic mass is 32.1. The third kappa shape index (κ3) is 7.88. The van der Waals surface area contributed by atoms with Crippen LogP contribution in [0.15, 0.2) is 200 Å². The molecule has 10 heteroatoms. The molecule has 0 aliphatic rings. The third-order valence-corrected chi connectivity index (χ3v) is 15.0. The highest BCUT2D eigenvalue weighted by molar-refractivity contribution is 7.20. The number of allylic oxidation sites excluding steroid dienone is 1. The zero-order valence-corrected chi connectivity index (χ0v) is 40.5. The monoisotopic (exact) mass is 934 g/mol. The average molecular weight is 935 g/mol. The van der Waals surface area contributed by atoms with Crippen LogP contribution < -0.4 is 32.5 Å². The summed E-state index contributed by atoms with van der Waals surface area (Å²) in [6.45, 7) is 15.1. The number of para-hydroxylation sites is 2. The van der Waals surface area contributed by atoms with E-state index in [1.54, 1.807) is 0 Å². The Hall–Kier alpha value is -8.27. The van der Waals surface area contributed by atoms with Crippen molar-refractivity contribution in [3.05, 3.63) is 244 Å². The maximum Gasteiger partial charge on any atom is 0.328 e. The van der Waals surface area contributed by atoms with Crippen molar-refractivity contribution in [3.63, 3.8) is 0 Å². The van der Waals surface area contributed by atoms with Crippen molar-refractivity contribution in [2.45, 2.75) is 20.8 Å². The highest BCUT2D eigenvalue weighted by Crippen LogP contribution is 2.36. The van der Waals surface area contributed by atoms with E-state index in [1.807, 2.05) is 60.7 Å². The minimum absolute atomic E-state index is 0.161. The summed E-state index contributed by atoms with van der Waals surface area (Å²) < 4.78 is 6.78. The molecule has 0 atom stereocenters. The third-order valence-electron chi connectivity index (χ3n) is 12.9. The summed E-state index contributed by atoms with van der Waals surface area (Å²) in [6, 6.07) is 69.8. The standard InChI is InChI=1S/C60H44B2N6S2/c1-40(2)37-38-50-53-54(57(47(39-63)59-65-48-33-19-21-35-51(48)69-59)67(50)61(42-24-9-5-10-25-42)43-26-11-6-12-27-43)56(46-32-18-17-23-41(46)3)68(62(44-28-13-7-14-29-44)45-30-15-8-16-31-45)58(53)55(64-4)60-66-49-34-20-22-36-52(49)70-60/h5-38,40H,1-3H3/b38-37+,57-47-,58-55+. The van der Waals surface area contributed by atoms with Gasteiger partial charge in [-0.15, -0.1) is 22.7 Å². The number of fused-ring (bicyclic) bond motifs is 3. The average Bonchev–Trinajstić information content (AvgIpc) is 4.18. The molecule has 332 valence electrons. The molecular weight excluding hydrogens is 890 g/mol. The van der Waals surface area contributed by atoms with Gasteiger partial charge < -0.3 is 8.96 Å². The van der Waals surface area contributed by atoms with Gasteiger partial charge in [0.05, 0.1) is 32.4 Å². The number of nitrogens with zero attached hydrogens (tertiary/aromatic N) is 6. The molecular formula is C60H44B2N6S2. The van der Waals surface area contributed by atoms with Gasteiger partial charge in [-0.3, -0.25) is 0 Å². The SMILES string of the molecule is [C-]#[N+]/C(c1nc2ccccc2s1)=c1\c2c(/C=C/C(C)C)n(B(c3ccccc3)c3ccccc3)/c(=C(/C#N)c3nc4ccccc4s3)c2c(-c2ccccc2C)n1B(c1ccccc1)c1ccccc1. The number of nitriles is 1. The molecule has 0 saturated carbocycles. The lowest BCUT2D eigenvalue weighted by molar-refractivity contribution is 0.836. The fourth-order valence-electron chi connectivity index (χ4n) is 9.86. The Morgan fingerprint density at radius 2 is 1.04 bits per heavy atom. The molecule has 6 nitrogen and oxygen atoms in total. The van der Waals surface area contributed by atoms with E-state index in [2.05, 4.69) is 186 Å². The Kier molecular flexibility index (Phi) is 12.0. The van der Waals surface area contributed by atoms with Crippen molar-refractivity contribution in [2.75, 3.05) is 0 Å². The number of thiazole rings is 2. The van der Waals surface area contributed by atoms with Gasteiger partial charge in [0.15, 0.2) is 0 Å². The van der Waals surface area contributed by atoms with Gasteiger partial charge in [0, 0.05) is 33.1 Å². The maximum atomic E-state index is 12.0. The fourth-order valence-corrected chi connectivity index (χ4v) is 11.8. The van der Waals surface area contributed by atoms with Crippen molar-refractivity contribution < 1.29 is 0 Å². The molecule has 7 aromatic carbocycles. The molecule has 4 aromatic heterocycles. The second-order valence-electron chi connectivity index (χ2n) is 17.7. The topological polar surface area (TPSA) is 63.8 Å². The lowest BCUT2D eigenvalue weighted by Crippen LogP contribution is -2.54. The molecule has 0 saturated heterocycles. The molecule has 0 unspecified atom stereocenters. The van der Waals surface area contributed by atoms with Crippen molar-refractivity contribution in [1.82, 2.24) is 18.9 Å². The molecule has 0 radical (unpaired) electrons. The molecule has 4 heterocycles. The Morgan fingerprint density at radius 3 is 1.53 bits per heavy atom. The number of hydrogen-bond acceptors (Lipinski definition) is 5. The zero-order chi connectivity index (χ0) is 47.7. The summed E-state index contributed by atoms with van der Waals surface area (Å²) in [7, 11) is 0. The van der Waals surface area contributed by atoms with E-state index in [1.165, 1.54) is 22.7 Å². The maximum absolute atomic E-state index is 12.0. The van der Waals surface area contributed by atoms with Crippen LogP contribution in [0.5, 0.6) is 0 Å². The van der Waals surface area contributed by atoms with Crippen molar-refractivity contribution in [1.29, 1.82) is 5.26 Å². The first-order valence-electron chi connectivity index (χ1n) is 23.4. The van der Waals surface area contributed by atoms with Gasteiger partial charge in [-0.2, -0.15) is 5.26 Å². The molecule has 70 heavy (non-hydrogen) atoms. The normalized spacial score (nSPS) is 12.4. The Morgan fingerprint density at radius 1 is 0.586 bits per heavy atom. The molecule has 11 rings (SSSR count). The molecule has 0 spiro atoms. The van der Waals surface area contributed by atoms with Crippen LogP contribution >= 0.6 is 22.7 Å². The first-order valence-corrected chi connectivity index (χ1v) is 25.1. The first kappa shape index (κ1) is 44.2. The second-order valence-corrected chi connectivity index (χ2v) is 19.8. The van der Waals surface area contributed by atoms with Crippen LogP contribution in [0.4, 0.5) is 0 Å². The molecule has 0 aliphatic carbocycles. The van der Waals surface area contributed by atoms with Crippen LogP contribution in [-0.4, -0.2) is 32.6 Å². The van der Waals surface area contributed by atoms with E-state index >= 15 is 0 Å². The number of benzene rings is 7. The minimum Gasteiger partial charge on any atom is -0.384 e. The van der Waals surface area contributed by atoms with E-state index in [-0.39, 0.29) is 5.92 Å². The van der Waals surface area contributed by atoms with Gasteiger partial charge in [-0.05, 0) is 48.7 Å². The molecule has 0 amide bonds. The first-order chi connectivity index (χ1) is 34.4. The smallest absolute Gasteiger partial charge is 0.328 e. The zero-order valence-electron chi connectivity index (χ0n) is 38.9. The van der Waals surface area contributed by atoms with Crippen LogP contribution in [0, 0.1) is 30.7 Å². The van der Waals surface area contributed by atoms with Crippen LogP contribution in [0.3, 0.4) is 0 Å². The van der Waals surface area contributed by atoms with Gasteiger partial charge in [-0.1, -0.05) is 212 Å². The minimum atomic E-state index is -0.430. The predicted octanol–water partition coefficient (Wildman–Crippen LogP) is 10.4. The van der Waals surface area contributed by atoms with Crippen molar-refractivity contribution >= 4 is 107 Å². The molecule has 0 aliphatic heterocycles. The van der Waals surface area contributed by atoms with Gasteiger partial charge in [-0.25, -0.2) is 14.8 Å². The van der Waals surface area contributed by atoms with Crippen molar-refractivity contribution in [2.24, 2.45) is 5.92 Å². The number of hydrogen-bond donors (Lipinski definition) is 0. The van der Waals surface area contributed by atoms with Crippen LogP contribution in [0.1, 0.15) is 35.1 Å². The van der Waals surface area contributed by atoms with Gasteiger partial charge in [0.1, 0.15) is 21.7 Å².